The molecule has 0 radical (unpaired) electrons. The number of nitrogens with one attached hydrogen (secondary N) is 1. The van der Waals surface area contributed by atoms with Crippen molar-refractivity contribution >= 4 is 23.4 Å². The highest BCUT2D eigenvalue weighted by Gasteiger charge is 2.21. The average molecular weight is 503 g/mol. The molecule has 0 bridgehead atoms. The predicted molar refractivity (Wildman–Crippen MR) is 136 cm³/mol. The summed E-state index contributed by atoms with van der Waals surface area (Å²) in [5, 5.41) is 3.57. The van der Waals surface area contributed by atoms with Crippen molar-refractivity contribution in [3.8, 4) is 11.5 Å². The van der Waals surface area contributed by atoms with Gasteiger partial charge in [-0.3, -0.25) is 14.3 Å². The van der Waals surface area contributed by atoms with Crippen molar-refractivity contribution < 1.29 is 19.0 Å². The Morgan fingerprint density at radius 2 is 1.89 bits per heavy atom. The summed E-state index contributed by atoms with van der Waals surface area (Å²) in [6.07, 6.45) is 4.84. The Morgan fingerprint density at radius 1 is 1.11 bits per heavy atom. The first-order valence-electron chi connectivity index (χ1n) is 12.2. The predicted octanol–water partition coefficient (Wildman–Crippen LogP) is 2.59. The highest BCUT2D eigenvalue weighted by Crippen LogP contribution is 2.31. The van der Waals surface area contributed by atoms with E-state index < -0.39 is 0 Å². The van der Waals surface area contributed by atoms with Gasteiger partial charge in [-0.15, -0.1) is 0 Å². The van der Waals surface area contributed by atoms with E-state index in [9.17, 15) is 9.59 Å². The smallest absolute Gasteiger partial charge is 0.348 e. The van der Waals surface area contributed by atoms with Crippen LogP contribution in [-0.4, -0.2) is 73.2 Å². The zero-order chi connectivity index (χ0) is 24.6. The number of benzene rings is 1. The van der Waals surface area contributed by atoms with Gasteiger partial charge in [0.1, 0.15) is 5.03 Å². The number of nitrogens with zero attached hydrogens (tertiary/aromatic N) is 3. The lowest BCUT2D eigenvalue weighted by molar-refractivity contribution is -0.113. The lowest BCUT2D eigenvalue weighted by Crippen LogP contribution is -2.38. The zero-order valence-electron chi connectivity index (χ0n) is 20.5. The van der Waals surface area contributed by atoms with Gasteiger partial charge in [0.05, 0.1) is 33.2 Å². The maximum Gasteiger partial charge on any atom is 0.348 e. The normalized spacial score (nSPS) is 15.9. The Labute approximate surface area is 210 Å². The van der Waals surface area contributed by atoms with E-state index in [1.165, 1.54) is 11.8 Å². The van der Waals surface area contributed by atoms with Crippen molar-refractivity contribution in [1.29, 1.82) is 0 Å². The molecule has 2 aromatic rings. The van der Waals surface area contributed by atoms with Crippen LogP contribution in [0.2, 0.25) is 0 Å². The largest absolute Gasteiger partial charge is 0.493 e. The number of carbonyl (C=O) groups is 1. The number of hydrogen-bond acceptors (Lipinski definition) is 8. The standard InChI is InChI=1S/C25H34N4O5S/c1-32-21-9-8-18(16-22(21)33-2)26-23(30)17-35-24-19-6-3-4-7-20(19)29(25(31)27-24)11-5-10-28-12-14-34-15-13-28/h8-9,16H,3-7,10-15,17H2,1-2H3,(H,26,30). The van der Waals surface area contributed by atoms with E-state index in [1.807, 2.05) is 4.57 Å². The first-order valence-corrected chi connectivity index (χ1v) is 13.1. The Kier molecular flexibility index (Phi) is 9.06. The molecule has 1 aromatic carbocycles. The monoisotopic (exact) mass is 502 g/mol. The second kappa shape index (κ2) is 12.4. The molecule has 2 aliphatic rings. The van der Waals surface area contributed by atoms with Gasteiger partial charge >= 0.3 is 5.69 Å². The third-order valence-corrected chi connectivity index (χ3v) is 7.44. The van der Waals surface area contributed by atoms with E-state index in [-0.39, 0.29) is 17.3 Å². The molecule has 1 N–H and O–H groups in total. The SMILES string of the molecule is COc1ccc(NC(=O)CSc2nc(=O)n(CCCN3CCOCC3)c3c2CCCC3)cc1OC. The Balaban J connectivity index is 1.40. The maximum absolute atomic E-state index is 12.9. The molecule has 1 saturated heterocycles. The highest BCUT2D eigenvalue weighted by molar-refractivity contribution is 8.00. The number of anilines is 1. The second-order valence-electron chi connectivity index (χ2n) is 8.70. The van der Waals surface area contributed by atoms with Gasteiger partial charge in [-0.1, -0.05) is 11.8 Å². The van der Waals surface area contributed by atoms with Crippen molar-refractivity contribution in [2.24, 2.45) is 0 Å². The lowest BCUT2D eigenvalue weighted by Gasteiger charge is -2.27. The van der Waals surface area contributed by atoms with Gasteiger partial charge in [-0.2, -0.15) is 4.98 Å². The van der Waals surface area contributed by atoms with Crippen LogP contribution in [0.5, 0.6) is 11.5 Å². The zero-order valence-corrected chi connectivity index (χ0v) is 21.3. The van der Waals surface area contributed by atoms with Crippen molar-refractivity contribution in [2.75, 3.05) is 58.1 Å². The molecule has 1 amide bonds. The Hall–Kier alpha value is -2.56. The van der Waals surface area contributed by atoms with Gasteiger partial charge in [0.2, 0.25) is 5.91 Å². The minimum absolute atomic E-state index is 0.164. The third kappa shape index (κ3) is 6.56. The summed E-state index contributed by atoms with van der Waals surface area (Å²) in [4.78, 5) is 32.3. The summed E-state index contributed by atoms with van der Waals surface area (Å²) >= 11 is 1.33. The highest BCUT2D eigenvalue weighted by atomic mass is 32.2. The molecule has 0 spiro atoms. The quantitative estimate of drug-likeness (QED) is 0.391. The molecule has 190 valence electrons. The number of rotatable bonds is 10. The number of methoxy groups -OCH3 is 2. The van der Waals surface area contributed by atoms with Crippen LogP contribution in [0, 0.1) is 0 Å². The fourth-order valence-corrected chi connectivity index (χ4v) is 5.50. The summed E-state index contributed by atoms with van der Waals surface area (Å²) in [5.41, 5.74) is 2.64. The fourth-order valence-electron chi connectivity index (χ4n) is 4.62. The van der Waals surface area contributed by atoms with Gasteiger partial charge < -0.3 is 19.5 Å². The van der Waals surface area contributed by atoms with Crippen molar-refractivity contribution in [3.05, 3.63) is 39.9 Å². The molecule has 9 nitrogen and oxygen atoms in total. The number of aromatic nitrogens is 2. The van der Waals surface area contributed by atoms with Crippen LogP contribution in [0.4, 0.5) is 5.69 Å². The number of morpholine rings is 1. The van der Waals surface area contributed by atoms with Crippen LogP contribution in [0.3, 0.4) is 0 Å². The molecule has 1 aromatic heterocycles. The van der Waals surface area contributed by atoms with Crippen LogP contribution in [0.25, 0.3) is 0 Å². The van der Waals surface area contributed by atoms with E-state index in [0.717, 1.165) is 76.2 Å². The minimum Gasteiger partial charge on any atom is -0.493 e. The molecule has 0 saturated carbocycles. The van der Waals surface area contributed by atoms with Crippen molar-refractivity contribution in [2.45, 2.75) is 43.7 Å². The average Bonchev–Trinajstić information content (AvgIpc) is 2.89. The van der Waals surface area contributed by atoms with E-state index in [0.29, 0.717) is 28.8 Å². The molecule has 0 unspecified atom stereocenters. The Bertz CT molecular complexity index is 1080. The molecule has 1 aliphatic heterocycles. The summed E-state index contributed by atoms with van der Waals surface area (Å²) < 4.78 is 17.8. The minimum atomic E-state index is -0.213. The summed E-state index contributed by atoms with van der Waals surface area (Å²) in [5.74, 6) is 1.16. The van der Waals surface area contributed by atoms with E-state index in [4.69, 9.17) is 14.2 Å². The molecule has 1 aliphatic carbocycles. The van der Waals surface area contributed by atoms with Gasteiger partial charge in [0.25, 0.3) is 0 Å². The number of fused-ring (bicyclic) bond motifs is 1. The molecule has 35 heavy (non-hydrogen) atoms. The topological polar surface area (TPSA) is 94.9 Å². The van der Waals surface area contributed by atoms with Crippen LogP contribution in [-0.2, 0) is 28.9 Å². The van der Waals surface area contributed by atoms with Gasteiger partial charge in [0.15, 0.2) is 11.5 Å². The Morgan fingerprint density at radius 3 is 2.66 bits per heavy atom. The summed E-state index contributed by atoms with van der Waals surface area (Å²) in [6, 6.07) is 5.24. The van der Waals surface area contributed by atoms with Gasteiger partial charge in [0, 0.05) is 49.2 Å². The molecule has 4 rings (SSSR count). The number of hydrogen-bond donors (Lipinski definition) is 1. The van der Waals surface area contributed by atoms with Crippen molar-refractivity contribution in [3.63, 3.8) is 0 Å². The number of amides is 1. The first-order chi connectivity index (χ1) is 17.1. The van der Waals surface area contributed by atoms with E-state index >= 15 is 0 Å². The summed E-state index contributed by atoms with van der Waals surface area (Å²) in [7, 11) is 3.12. The third-order valence-electron chi connectivity index (χ3n) is 6.42. The van der Waals surface area contributed by atoms with Crippen LogP contribution in [0.1, 0.15) is 30.5 Å². The van der Waals surface area contributed by atoms with Gasteiger partial charge in [-0.25, -0.2) is 4.79 Å². The first kappa shape index (κ1) is 25.5. The number of ether oxygens (including phenoxy) is 3. The number of carbonyl (C=O) groups excluding carboxylic acids is 1. The van der Waals surface area contributed by atoms with Crippen molar-refractivity contribution in [1.82, 2.24) is 14.5 Å². The molecule has 0 atom stereocenters. The van der Waals surface area contributed by atoms with E-state index in [1.54, 1.807) is 32.4 Å². The molecule has 1 fully saturated rings. The van der Waals surface area contributed by atoms with Gasteiger partial charge in [-0.05, 0) is 44.2 Å². The molecular weight excluding hydrogens is 468 g/mol. The summed E-state index contributed by atoms with van der Waals surface area (Å²) in [6.45, 7) is 5.09. The molecule has 2 heterocycles. The number of thioether (sulfide) groups is 1. The molecule has 10 heteroatoms. The van der Waals surface area contributed by atoms with E-state index in [2.05, 4.69) is 15.2 Å². The van der Waals surface area contributed by atoms with Crippen LogP contribution < -0.4 is 20.5 Å². The molecular formula is C25H34N4O5S. The van der Waals surface area contributed by atoms with Crippen LogP contribution in [0.15, 0.2) is 28.0 Å². The van der Waals surface area contributed by atoms with Crippen LogP contribution >= 0.6 is 11.8 Å². The second-order valence-corrected chi connectivity index (χ2v) is 9.66. The lowest BCUT2D eigenvalue weighted by atomic mass is 9.97. The fraction of sp³-hybridized carbons (Fsp3) is 0.560. The maximum atomic E-state index is 12.9.